The highest BCUT2D eigenvalue weighted by molar-refractivity contribution is 8.18. The van der Waals surface area contributed by atoms with Crippen LogP contribution in [-0.2, 0) is 9.53 Å². The van der Waals surface area contributed by atoms with Crippen molar-refractivity contribution in [3.8, 4) is 0 Å². The number of rotatable bonds is 3. The van der Waals surface area contributed by atoms with Crippen LogP contribution in [0.2, 0.25) is 5.02 Å². The summed E-state index contributed by atoms with van der Waals surface area (Å²) < 4.78 is 11.2. The van der Waals surface area contributed by atoms with Crippen LogP contribution in [0.4, 0.5) is 11.6 Å². The van der Waals surface area contributed by atoms with E-state index in [4.69, 9.17) is 20.8 Å². The van der Waals surface area contributed by atoms with Crippen LogP contribution >= 0.6 is 23.4 Å². The molecule has 0 aliphatic carbocycles. The number of thioether (sulfide) groups is 1. The maximum Gasteiger partial charge on any atom is 0.264 e. The lowest BCUT2D eigenvalue weighted by atomic mass is 10.2. The van der Waals surface area contributed by atoms with Gasteiger partial charge in [0.05, 0.1) is 23.8 Å². The first-order valence-electron chi connectivity index (χ1n) is 8.57. The second kappa shape index (κ2) is 7.80. The standard InChI is InChI=1S/C19H18ClN3O3S/c1-12-14(20)3-2-4-15(12)21-19-22-18(24)16(27-19)11-13-5-6-17(26-13)23-7-9-25-10-8-23/h2-6,11H,7-10H2,1H3,(H,21,22,24)/b16-11-. The molecule has 2 saturated heterocycles. The van der Waals surface area contributed by atoms with Crippen molar-refractivity contribution in [1.82, 2.24) is 5.32 Å². The summed E-state index contributed by atoms with van der Waals surface area (Å²) in [5, 5.41) is 3.95. The smallest absolute Gasteiger partial charge is 0.264 e. The van der Waals surface area contributed by atoms with E-state index in [0.717, 1.165) is 30.2 Å². The summed E-state index contributed by atoms with van der Waals surface area (Å²) in [7, 11) is 0. The molecule has 2 aliphatic heterocycles. The van der Waals surface area contributed by atoms with Crippen molar-refractivity contribution < 1.29 is 13.9 Å². The monoisotopic (exact) mass is 403 g/mol. The van der Waals surface area contributed by atoms with Crippen molar-refractivity contribution in [3.63, 3.8) is 0 Å². The summed E-state index contributed by atoms with van der Waals surface area (Å²) in [4.78, 5) is 19.4. The molecule has 3 heterocycles. The summed E-state index contributed by atoms with van der Waals surface area (Å²) in [6.07, 6.45) is 1.73. The van der Waals surface area contributed by atoms with Gasteiger partial charge in [0.15, 0.2) is 11.1 Å². The summed E-state index contributed by atoms with van der Waals surface area (Å²) in [5.41, 5.74) is 1.61. The molecule has 0 radical (unpaired) electrons. The van der Waals surface area contributed by atoms with Gasteiger partial charge in [-0.15, -0.1) is 0 Å². The molecule has 0 unspecified atom stereocenters. The Morgan fingerprint density at radius 2 is 2.07 bits per heavy atom. The topological polar surface area (TPSA) is 67.1 Å². The van der Waals surface area contributed by atoms with Gasteiger partial charge >= 0.3 is 0 Å². The number of amidine groups is 1. The Labute approximate surface area is 166 Å². The van der Waals surface area contributed by atoms with E-state index in [1.54, 1.807) is 6.08 Å². The van der Waals surface area contributed by atoms with Crippen LogP contribution in [0.5, 0.6) is 0 Å². The first-order valence-corrected chi connectivity index (χ1v) is 9.77. The molecule has 6 nitrogen and oxygen atoms in total. The fourth-order valence-electron chi connectivity index (χ4n) is 2.81. The third-order valence-corrected chi connectivity index (χ3v) is 5.64. The fourth-order valence-corrected chi connectivity index (χ4v) is 3.79. The van der Waals surface area contributed by atoms with Gasteiger partial charge in [-0.2, -0.15) is 0 Å². The number of halogens is 1. The molecule has 2 fully saturated rings. The maximum atomic E-state index is 12.3. The Morgan fingerprint density at radius 1 is 1.26 bits per heavy atom. The molecule has 1 N–H and O–H groups in total. The SMILES string of the molecule is Cc1c(Cl)cccc1N=C1NC(=O)/C(=C/c2ccc(N3CCOCC3)o2)S1. The van der Waals surface area contributed by atoms with Crippen LogP contribution in [0.25, 0.3) is 6.08 Å². The van der Waals surface area contributed by atoms with E-state index >= 15 is 0 Å². The number of aliphatic imine (C=N–C) groups is 1. The lowest BCUT2D eigenvalue weighted by molar-refractivity contribution is -0.115. The molecule has 1 amide bonds. The van der Waals surface area contributed by atoms with Gasteiger partial charge in [-0.05, 0) is 42.4 Å². The lowest BCUT2D eigenvalue weighted by Crippen LogP contribution is -2.35. The minimum absolute atomic E-state index is 0.192. The van der Waals surface area contributed by atoms with Crippen LogP contribution in [0.15, 0.2) is 44.6 Å². The second-order valence-electron chi connectivity index (χ2n) is 6.14. The van der Waals surface area contributed by atoms with Crippen LogP contribution in [0, 0.1) is 6.92 Å². The summed E-state index contributed by atoms with van der Waals surface area (Å²) in [5.74, 6) is 1.23. The van der Waals surface area contributed by atoms with Crippen molar-refractivity contribution in [1.29, 1.82) is 0 Å². The third-order valence-electron chi connectivity index (χ3n) is 4.32. The van der Waals surface area contributed by atoms with Gasteiger partial charge in [-0.25, -0.2) is 4.99 Å². The van der Waals surface area contributed by atoms with E-state index in [0.29, 0.717) is 34.1 Å². The quantitative estimate of drug-likeness (QED) is 0.785. The van der Waals surface area contributed by atoms with E-state index in [1.807, 2.05) is 37.3 Å². The highest BCUT2D eigenvalue weighted by Crippen LogP contribution is 2.32. The fraction of sp³-hybridized carbons (Fsp3) is 0.263. The molecular weight excluding hydrogens is 386 g/mol. The average molecular weight is 404 g/mol. The molecule has 4 rings (SSSR count). The number of hydrogen-bond acceptors (Lipinski definition) is 6. The third kappa shape index (κ3) is 4.05. The Hall–Kier alpha value is -2.22. The van der Waals surface area contributed by atoms with Crippen molar-refractivity contribution in [2.24, 2.45) is 4.99 Å². The average Bonchev–Trinajstić information content (AvgIpc) is 3.27. The zero-order valence-electron chi connectivity index (χ0n) is 14.7. The van der Waals surface area contributed by atoms with Crippen LogP contribution in [0.1, 0.15) is 11.3 Å². The number of ether oxygens (including phenoxy) is 1. The van der Waals surface area contributed by atoms with Crippen molar-refractivity contribution in [3.05, 3.63) is 51.6 Å². The molecule has 2 aliphatic rings. The first kappa shape index (κ1) is 18.2. The van der Waals surface area contributed by atoms with E-state index in [2.05, 4.69) is 15.2 Å². The van der Waals surface area contributed by atoms with E-state index in [1.165, 1.54) is 11.8 Å². The molecule has 1 aromatic carbocycles. The number of morpholine rings is 1. The molecule has 0 atom stereocenters. The Kier molecular flexibility index (Phi) is 5.24. The molecule has 0 bridgehead atoms. The number of benzene rings is 1. The van der Waals surface area contributed by atoms with Gasteiger partial charge in [0, 0.05) is 30.3 Å². The highest BCUT2D eigenvalue weighted by atomic mass is 35.5. The van der Waals surface area contributed by atoms with E-state index in [-0.39, 0.29) is 5.91 Å². The van der Waals surface area contributed by atoms with Crippen LogP contribution in [-0.4, -0.2) is 37.4 Å². The molecule has 0 saturated carbocycles. The predicted octanol–water partition coefficient (Wildman–Crippen LogP) is 3.97. The normalized spacial score (nSPS) is 20.5. The van der Waals surface area contributed by atoms with Gasteiger partial charge < -0.3 is 19.4 Å². The molecule has 140 valence electrons. The van der Waals surface area contributed by atoms with Gasteiger partial charge in [-0.1, -0.05) is 17.7 Å². The Bertz CT molecular complexity index is 932. The number of carbonyl (C=O) groups is 1. The largest absolute Gasteiger partial charge is 0.441 e. The minimum Gasteiger partial charge on any atom is -0.441 e. The maximum absolute atomic E-state index is 12.3. The summed E-state index contributed by atoms with van der Waals surface area (Å²) >= 11 is 7.41. The van der Waals surface area contributed by atoms with Crippen molar-refractivity contribution in [2.45, 2.75) is 6.92 Å². The van der Waals surface area contributed by atoms with Gasteiger partial charge in [0.1, 0.15) is 5.76 Å². The second-order valence-corrected chi connectivity index (χ2v) is 7.58. The minimum atomic E-state index is -0.192. The molecule has 27 heavy (non-hydrogen) atoms. The molecular formula is C19H18ClN3O3S. The van der Waals surface area contributed by atoms with Gasteiger partial charge in [0.25, 0.3) is 5.91 Å². The Balaban J connectivity index is 1.51. The molecule has 0 spiro atoms. The number of carbonyl (C=O) groups excluding carboxylic acids is 1. The zero-order chi connectivity index (χ0) is 18.8. The number of nitrogens with zero attached hydrogens (tertiary/aromatic N) is 2. The van der Waals surface area contributed by atoms with E-state index in [9.17, 15) is 4.79 Å². The highest BCUT2D eigenvalue weighted by Gasteiger charge is 2.25. The summed E-state index contributed by atoms with van der Waals surface area (Å²) in [6, 6.07) is 9.30. The number of hydrogen-bond donors (Lipinski definition) is 1. The van der Waals surface area contributed by atoms with Crippen LogP contribution < -0.4 is 10.2 Å². The van der Waals surface area contributed by atoms with E-state index < -0.39 is 0 Å². The number of anilines is 1. The Morgan fingerprint density at radius 3 is 2.89 bits per heavy atom. The number of amides is 1. The van der Waals surface area contributed by atoms with Gasteiger partial charge in [-0.3, -0.25) is 4.79 Å². The van der Waals surface area contributed by atoms with Crippen molar-refractivity contribution >= 4 is 52.1 Å². The molecule has 2 aromatic rings. The van der Waals surface area contributed by atoms with Gasteiger partial charge in [0.2, 0.25) is 0 Å². The lowest BCUT2D eigenvalue weighted by Gasteiger charge is -2.26. The summed E-state index contributed by atoms with van der Waals surface area (Å²) in [6.45, 7) is 4.88. The molecule has 8 heteroatoms. The number of nitrogens with one attached hydrogen (secondary N) is 1. The number of furan rings is 1. The molecule has 1 aromatic heterocycles. The zero-order valence-corrected chi connectivity index (χ0v) is 16.3. The first-order chi connectivity index (χ1) is 13.1. The van der Waals surface area contributed by atoms with Crippen LogP contribution in [0.3, 0.4) is 0 Å². The predicted molar refractivity (Wildman–Crippen MR) is 109 cm³/mol. The van der Waals surface area contributed by atoms with Crippen molar-refractivity contribution in [2.75, 3.05) is 31.2 Å².